The fourth-order valence-corrected chi connectivity index (χ4v) is 3.44. The Labute approximate surface area is 139 Å². The third-order valence-electron chi connectivity index (χ3n) is 5.07. The Kier molecular flexibility index (Phi) is 4.60. The maximum absolute atomic E-state index is 13.0. The highest BCUT2D eigenvalue weighted by Gasteiger charge is 2.53. The molecule has 1 amide bonds. The summed E-state index contributed by atoms with van der Waals surface area (Å²) in [5.74, 6) is 0.280. The molecule has 3 nitrogen and oxygen atoms in total. The van der Waals surface area contributed by atoms with Crippen LogP contribution in [0, 0.1) is 5.92 Å². The number of rotatable bonds is 5. The van der Waals surface area contributed by atoms with E-state index in [0.717, 1.165) is 25.2 Å². The summed E-state index contributed by atoms with van der Waals surface area (Å²) in [5.41, 5.74) is -0.966. The highest BCUT2D eigenvalue weighted by atomic mass is 19.4. The van der Waals surface area contributed by atoms with Crippen molar-refractivity contribution in [3.63, 3.8) is 0 Å². The molecule has 0 N–H and O–H groups in total. The van der Waals surface area contributed by atoms with Crippen LogP contribution < -0.4 is 0 Å². The number of hydrogen-bond acceptors (Lipinski definition) is 2. The highest BCUT2D eigenvalue weighted by molar-refractivity contribution is 5.91. The summed E-state index contributed by atoms with van der Waals surface area (Å²) >= 11 is 0. The minimum Gasteiger partial charge on any atom is -0.381 e. The van der Waals surface area contributed by atoms with Crippen LogP contribution >= 0.6 is 0 Å². The Morgan fingerprint density at radius 3 is 2.67 bits per heavy atom. The Morgan fingerprint density at radius 1 is 1.38 bits per heavy atom. The SMILES string of the molecule is CCN(CC1CCOC1)C(=O)C1(c2cccc(C(F)(F)F)c2)CC1. The molecular formula is C18H22F3NO2. The van der Waals surface area contributed by atoms with E-state index in [9.17, 15) is 18.0 Å². The van der Waals surface area contributed by atoms with Gasteiger partial charge in [-0.15, -0.1) is 0 Å². The topological polar surface area (TPSA) is 29.5 Å². The number of hydrogen-bond donors (Lipinski definition) is 0. The smallest absolute Gasteiger partial charge is 0.381 e. The van der Waals surface area contributed by atoms with Gasteiger partial charge in [-0.1, -0.05) is 18.2 Å². The third kappa shape index (κ3) is 3.29. The zero-order valence-electron chi connectivity index (χ0n) is 13.7. The standard InChI is InChI=1S/C18H22F3NO2/c1-2-22(11-13-6-9-24-12-13)16(23)17(7-8-17)14-4-3-5-15(10-14)18(19,20)21/h3-5,10,13H,2,6-9,11-12H2,1H3. The van der Waals surface area contributed by atoms with Crippen molar-refractivity contribution < 1.29 is 22.7 Å². The fraction of sp³-hybridized carbons (Fsp3) is 0.611. The predicted molar refractivity (Wildman–Crippen MR) is 83.5 cm³/mol. The maximum Gasteiger partial charge on any atom is 0.416 e. The van der Waals surface area contributed by atoms with Crippen LogP contribution in [-0.2, 0) is 21.1 Å². The summed E-state index contributed by atoms with van der Waals surface area (Å²) in [5, 5.41) is 0. The fourth-order valence-electron chi connectivity index (χ4n) is 3.44. The lowest BCUT2D eigenvalue weighted by Gasteiger charge is -2.28. The molecule has 0 radical (unpaired) electrons. The summed E-state index contributed by atoms with van der Waals surface area (Å²) in [6.45, 7) is 4.47. The number of halogens is 3. The molecule has 1 unspecified atom stereocenters. The van der Waals surface area contributed by atoms with Gasteiger partial charge in [0.2, 0.25) is 5.91 Å². The maximum atomic E-state index is 13.0. The second kappa shape index (κ2) is 6.39. The van der Waals surface area contributed by atoms with Crippen molar-refractivity contribution in [2.45, 2.75) is 37.8 Å². The average molecular weight is 341 g/mol. The molecule has 1 saturated carbocycles. The van der Waals surface area contributed by atoms with E-state index in [0.29, 0.717) is 44.0 Å². The van der Waals surface area contributed by atoms with Crippen LogP contribution in [0.4, 0.5) is 13.2 Å². The summed E-state index contributed by atoms with van der Waals surface area (Å²) in [6.07, 6.45) is -2.23. The molecule has 0 aromatic heterocycles. The lowest BCUT2D eigenvalue weighted by atomic mass is 9.92. The summed E-state index contributed by atoms with van der Waals surface area (Å²) < 4.78 is 44.2. The molecule has 1 aromatic rings. The Balaban J connectivity index is 1.80. The molecule has 2 fully saturated rings. The largest absolute Gasteiger partial charge is 0.416 e. The Bertz CT molecular complexity index is 605. The zero-order valence-corrected chi connectivity index (χ0v) is 13.7. The van der Waals surface area contributed by atoms with Gasteiger partial charge in [0, 0.05) is 25.6 Å². The number of likely N-dealkylation sites (N-methyl/N-ethyl adjacent to an activating group) is 1. The molecule has 1 aliphatic carbocycles. The van der Waals surface area contributed by atoms with Crippen molar-refractivity contribution >= 4 is 5.91 Å². The van der Waals surface area contributed by atoms with Crippen LogP contribution in [0.5, 0.6) is 0 Å². The van der Waals surface area contributed by atoms with Gasteiger partial charge in [-0.2, -0.15) is 13.2 Å². The first kappa shape index (κ1) is 17.3. The van der Waals surface area contributed by atoms with Crippen LogP contribution in [0.25, 0.3) is 0 Å². The number of carbonyl (C=O) groups excluding carboxylic acids is 1. The van der Waals surface area contributed by atoms with Crippen molar-refractivity contribution in [2.75, 3.05) is 26.3 Å². The summed E-state index contributed by atoms with van der Waals surface area (Å²) in [7, 11) is 0. The minimum absolute atomic E-state index is 0.0452. The van der Waals surface area contributed by atoms with Crippen molar-refractivity contribution in [1.82, 2.24) is 4.90 Å². The van der Waals surface area contributed by atoms with E-state index in [1.165, 1.54) is 6.07 Å². The number of amides is 1. The van der Waals surface area contributed by atoms with Crippen molar-refractivity contribution in [3.8, 4) is 0 Å². The van der Waals surface area contributed by atoms with E-state index < -0.39 is 17.2 Å². The predicted octanol–water partition coefficient (Wildman–Crippen LogP) is 3.62. The monoisotopic (exact) mass is 341 g/mol. The molecule has 6 heteroatoms. The molecule has 1 aromatic carbocycles. The molecule has 0 bridgehead atoms. The number of ether oxygens (including phenoxy) is 1. The van der Waals surface area contributed by atoms with E-state index >= 15 is 0 Å². The van der Waals surface area contributed by atoms with Gasteiger partial charge in [-0.3, -0.25) is 4.79 Å². The summed E-state index contributed by atoms with van der Waals surface area (Å²) in [4.78, 5) is 14.8. The first-order valence-electron chi connectivity index (χ1n) is 8.41. The molecule has 2 aliphatic rings. The van der Waals surface area contributed by atoms with E-state index in [1.54, 1.807) is 11.0 Å². The van der Waals surface area contributed by atoms with Gasteiger partial charge < -0.3 is 9.64 Å². The number of alkyl halides is 3. The van der Waals surface area contributed by atoms with Crippen LogP contribution in [0.15, 0.2) is 24.3 Å². The number of carbonyl (C=O) groups is 1. The summed E-state index contributed by atoms with van der Waals surface area (Å²) in [6, 6.07) is 5.23. The molecule has 1 saturated heterocycles. The molecule has 1 aliphatic heterocycles. The molecule has 0 spiro atoms. The lowest BCUT2D eigenvalue weighted by Crippen LogP contribution is -2.42. The minimum atomic E-state index is -4.39. The van der Waals surface area contributed by atoms with Gasteiger partial charge >= 0.3 is 6.18 Å². The molecule has 3 rings (SSSR count). The average Bonchev–Trinajstić information content (AvgIpc) is 3.21. The zero-order chi connectivity index (χ0) is 17.4. The van der Waals surface area contributed by atoms with Crippen LogP contribution in [0.1, 0.15) is 37.3 Å². The van der Waals surface area contributed by atoms with Gasteiger partial charge in [0.15, 0.2) is 0 Å². The van der Waals surface area contributed by atoms with E-state index in [1.807, 2.05) is 6.92 Å². The van der Waals surface area contributed by atoms with Gasteiger partial charge in [-0.25, -0.2) is 0 Å². The second-order valence-electron chi connectivity index (χ2n) is 6.73. The van der Waals surface area contributed by atoms with Crippen LogP contribution in [0.3, 0.4) is 0 Å². The number of nitrogens with zero attached hydrogens (tertiary/aromatic N) is 1. The van der Waals surface area contributed by atoms with Gasteiger partial charge in [-0.05, 0) is 37.8 Å². The molecule has 24 heavy (non-hydrogen) atoms. The quantitative estimate of drug-likeness (QED) is 0.819. The van der Waals surface area contributed by atoms with Crippen molar-refractivity contribution in [2.24, 2.45) is 5.92 Å². The Hall–Kier alpha value is -1.56. The normalized spacial score (nSPS) is 22.4. The van der Waals surface area contributed by atoms with Gasteiger partial charge in [0.1, 0.15) is 0 Å². The van der Waals surface area contributed by atoms with Crippen LogP contribution in [-0.4, -0.2) is 37.1 Å². The molecule has 1 atom stereocenters. The van der Waals surface area contributed by atoms with E-state index in [4.69, 9.17) is 4.74 Å². The second-order valence-corrected chi connectivity index (χ2v) is 6.73. The first-order chi connectivity index (χ1) is 11.4. The molecule has 132 valence electrons. The van der Waals surface area contributed by atoms with Gasteiger partial charge in [0.25, 0.3) is 0 Å². The lowest BCUT2D eigenvalue weighted by molar-refractivity contribution is -0.138. The first-order valence-corrected chi connectivity index (χ1v) is 8.41. The molecule has 1 heterocycles. The van der Waals surface area contributed by atoms with E-state index in [2.05, 4.69) is 0 Å². The third-order valence-corrected chi connectivity index (χ3v) is 5.07. The van der Waals surface area contributed by atoms with Gasteiger partial charge in [0.05, 0.1) is 17.6 Å². The Morgan fingerprint density at radius 2 is 2.12 bits per heavy atom. The highest BCUT2D eigenvalue weighted by Crippen LogP contribution is 2.50. The van der Waals surface area contributed by atoms with Crippen molar-refractivity contribution in [1.29, 1.82) is 0 Å². The molecular weight excluding hydrogens is 319 g/mol. The van der Waals surface area contributed by atoms with Crippen LogP contribution in [0.2, 0.25) is 0 Å². The number of benzene rings is 1. The van der Waals surface area contributed by atoms with Crippen molar-refractivity contribution in [3.05, 3.63) is 35.4 Å². The van der Waals surface area contributed by atoms with E-state index in [-0.39, 0.29) is 5.91 Å².